The molecule has 0 radical (unpaired) electrons. The molecule has 0 fully saturated rings. The average molecular weight is 1170 g/mol. The summed E-state index contributed by atoms with van der Waals surface area (Å²) in [4.78, 5) is 0. The molecule has 4 nitrogen and oxygen atoms in total. The van der Waals surface area contributed by atoms with Gasteiger partial charge in [0.05, 0.1) is 0 Å². The zero-order valence-corrected chi connectivity index (χ0v) is 40.1. The number of halogens is 20. The van der Waals surface area contributed by atoms with Crippen molar-refractivity contribution >= 4 is 55.3 Å². The van der Waals surface area contributed by atoms with Crippen LogP contribution >= 0.6 is 0 Å². The number of benzene rings is 7. The van der Waals surface area contributed by atoms with Gasteiger partial charge in [-0.3, -0.25) is 0 Å². The first-order valence-corrected chi connectivity index (χ1v) is 24.2. The van der Waals surface area contributed by atoms with Crippen molar-refractivity contribution in [2.45, 2.75) is 13.8 Å². The SMILES string of the molecule is CCOCCOc1ccccc1[Se+](c1ccccc1)c1ccccc1OCCOCC.Fc1c(F)c(F)c([B-](c2c(F)c(F)c(F)c(F)c2F)(c2c(F)c(F)c(F)c(F)c2F)c2c(F)c(F)c(F)c(F)c2F)c(F)c1F. The van der Waals surface area contributed by atoms with E-state index in [9.17, 15) is 52.7 Å². The molecule has 0 aliphatic heterocycles. The summed E-state index contributed by atoms with van der Waals surface area (Å²) >= 11 is -1.66. The van der Waals surface area contributed by atoms with Gasteiger partial charge in [0.2, 0.25) is 0 Å². The molecule has 7 aromatic carbocycles. The summed E-state index contributed by atoms with van der Waals surface area (Å²) in [5.41, 5.74) is -14.3. The van der Waals surface area contributed by atoms with Crippen LogP contribution in [0.15, 0.2) is 78.9 Å². The molecule has 0 saturated carbocycles. The summed E-state index contributed by atoms with van der Waals surface area (Å²) in [6, 6.07) is 27.4. The minimum atomic E-state index is -7.22. The van der Waals surface area contributed by atoms with Crippen molar-refractivity contribution in [3.05, 3.63) is 195 Å². The predicted octanol–water partition coefficient (Wildman–Crippen LogP) is 8.88. The molecule has 7 rings (SSSR count). The van der Waals surface area contributed by atoms with Crippen LogP contribution in [0.4, 0.5) is 87.8 Å². The standard InChI is InChI=1S/C26H31O4Se.C24BF20/c1-3-27-18-20-29-23-14-8-10-16-25(23)31(22-12-6-5-7-13-22)26-17-11-9-15-24(26)30-21-19-28-4-2;26-5-1(6(27)14(35)21(42)13(5)34)25(2-7(28)15(36)22(43)16(37)8(2)29,3-9(30)17(38)23(44)18(39)10(3)31)4-11(32)19(40)24(45)20(41)12(4)33/h5-17H,3-4,18-21H2,1-2H3;/q+1;-1. The third-order valence-electron chi connectivity index (χ3n) is 11.2. The van der Waals surface area contributed by atoms with E-state index in [1.165, 1.54) is 13.4 Å². The predicted molar refractivity (Wildman–Crippen MR) is 237 cm³/mol. The van der Waals surface area contributed by atoms with Crippen molar-refractivity contribution in [3.63, 3.8) is 0 Å². The second-order valence-corrected chi connectivity index (χ2v) is 19.5. The molecule has 0 aliphatic rings. The fourth-order valence-electron chi connectivity index (χ4n) is 7.99. The Kier molecular flexibility index (Phi) is 18.9. The van der Waals surface area contributed by atoms with E-state index in [0.717, 1.165) is 11.5 Å². The Morgan fingerprint density at radius 1 is 0.303 bits per heavy atom. The average Bonchev–Trinajstić information content (AvgIpc) is 3.42. The van der Waals surface area contributed by atoms with E-state index in [0.29, 0.717) is 39.6 Å². The van der Waals surface area contributed by atoms with Crippen molar-refractivity contribution in [3.8, 4) is 11.5 Å². The van der Waals surface area contributed by atoms with Crippen LogP contribution in [0, 0.1) is 116 Å². The summed E-state index contributed by atoms with van der Waals surface area (Å²) in [5.74, 6) is -69.6. The smallest absolute Gasteiger partial charge is 0.200 e. The Bertz CT molecular complexity index is 2840. The molecular weight excluding hydrogens is 1130 g/mol. The fraction of sp³-hybridized carbons (Fsp3) is 0.160. The molecule has 0 spiro atoms. The first-order valence-electron chi connectivity index (χ1n) is 21.7. The molecule has 0 N–H and O–H groups in total. The molecule has 0 atom stereocenters. The maximum absolute atomic E-state index is 15.4. The number of hydrogen-bond donors (Lipinski definition) is 0. The molecular formula is C50H31BF20O4Se. The molecule has 0 bridgehead atoms. The zero-order valence-electron chi connectivity index (χ0n) is 38.4. The van der Waals surface area contributed by atoms with E-state index >= 15 is 35.1 Å². The Morgan fingerprint density at radius 3 is 0.803 bits per heavy atom. The van der Waals surface area contributed by atoms with Crippen LogP contribution in [0.5, 0.6) is 11.5 Å². The summed E-state index contributed by atoms with van der Waals surface area (Å²) in [7, 11) is 0. The van der Waals surface area contributed by atoms with Crippen molar-refractivity contribution < 1.29 is 107 Å². The number of hydrogen-bond acceptors (Lipinski definition) is 4. The second-order valence-electron chi connectivity index (χ2n) is 15.4. The molecule has 0 aromatic heterocycles. The van der Waals surface area contributed by atoms with Gasteiger partial charge in [0.1, 0.15) is 52.7 Å². The fourth-order valence-corrected chi connectivity index (χ4v) is 12.7. The third-order valence-corrected chi connectivity index (χ3v) is 16.0. The Balaban J connectivity index is 0.000000264. The normalized spacial score (nSPS) is 11.6. The molecule has 0 amide bonds. The summed E-state index contributed by atoms with van der Waals surface area (Å²) in [6.45, 7) is 7.60. The van der Waals surface area contributed by atoms with Gasteiger partial charge in [-0.15, -0.1) is 21.9 Å². The Morgan fingerprint density at radius 2 is 0.539 bits per heavy atom. The molecule has 404 valence electrons. The number of para-hydroxylation sites is 2. The quantitative estimate of drug-likeness (QED) is 0.0301. The van der Waals surface area contributed by atoms with Crippen molar-refractivity contribution in [1.82, 2.24) is 0 Å². The second kappa shape index (κ2) is 24.5. The summed E-state index contributed by atoms with van der Waals surface area (Å²) in [5, 5.41) is 0. The van der Waals surface area contributed by atoms with Gasteiger partial charge in [0.15, 0.2) is 69.8 Å². The molecule has 0 heterocycles. The van der Waals surface area contributed by atoms with Crippen LogP contribution in [-0.4, -0.2) is 59.7 Å². The monoisotopic (exact) mass is 1170 g/mol. The van der Waals surface area contributed by atoms with Crippen molar-refractivity contribution in [2.75, 3.05) is 39.6 Å². The summed E-state index contributed by atoms with van der Waals surface area (Å²) < 4.78 is 321. The van der Waals surface area contributed by atoms with Crippen LogP contribution in [-0.2, 0) is 9.47 Å². The van der Waals surface area contributed by atoms with Crippen molar-refractivity contribution in [2.24, 2.45) is 0 Å². The maximum Gasteiger partial charge on any atom is 0.200 e. The van der Waals surface area contributed by atoms with Crippen LogP contribution in [0.1, 0.15) is 13.8 Å². The molecule has 0 unspecified atom stereocenters. The van der Waals surface area contributed by atoms with Crippen molar-refractivity contribution in [1.29, 1.82) is 0 Å². The maximum atomic E-state index is 15.4. The van der Waals surface area contributed by atoms with Gasteiger partial charge in [-0.2, -0.15) is 0 Å². The molecule has 76 heavy (non-hydrogen) atoms. The first kappa shape index (κ1) is 58.5. The first-order chi connectivity index (χ1) is 36.0. The Hall–Kier alpha value is -6.76. The van der Waals surface area contributed by atoms with Crippen LogP contribution < -0.4 is 44.7 Å². The van der Waals surface area contributed by atoms with Gasteiger partial charge in [-0.05, 0) is 0 Å². The van der Waals surface area contributed by atoms with Gasteiger partial charge in [0.25, 0.3) is 0 Å². The topological polar surface area (TPSA) is 36.9 Å². The van der Waals surface area contributed by atoms with Crippen LogP contribution in [0.25, 0.3) is 0 Å². The molecule has 0 saturated heterocycles. The molecule has 7 aromatic rings. The van der Waals surface area contributed by atoms with Gasteiger partial charge < -0.3 is 0 Å². The van der Waals surface area contributed by atoms with E-state index in [4.69, 9.17) is 18.9 Å². The van der Waals surface area contributed by atoms with E-state index in [-0.39, 0.29) is 0 Å². The van der Waals surface area contributed by atoms with Crippen LogP contribution in [0.2, 0.25) is 0 Å². The van der Waals surface area contributed by atoms with E-state index < -0.39 is 158 Å². The number of rotatable bonds is 17. The van der Waals surface area contributed by atoms with Gasteiger partial charge >= 0.3 is 190 Å². The van der Waals surface area contributed by atoms with Gasteiger partial charge in [-0.25, -0.2) is 87.8 Å². The van der Waals surface area contributed by atoms with Gasteiger partial charge in [-0.1, -0.05) is 0 Å². The van der Waals surface area contributed by atoms with E-state index in [1.807, 2.05) is 26.0 Å². The molecule has 26 heteroatoms. The molecule has 0 aliphatic carbocycles. The van der Waals surface area contributed by atoms with E-state index in [2.05, 4.69) is 66.7 Å². The van der Waals surface area contributed by atoms with Gasteiger partial charge in [0, 0.05) is 0 Å². The summed E-state index contributed by atoms with van der Waals surface area (Å²) in [6.07, 6.45) is -7.22. The van der Waals surface area contributed by atoms with E-state index in [1.54, 1.807) is 0 Å². The largest absolute Gasteiger partial charge is 0.207 e. The third kappa shape index (κ3) is 10.5. The Labute approximate surface area is 421 Å². The number of ether oxygens (including phenoxy) is 4. The minimum Gasteiger partial charge on any atom is -0.207 e. The zero-order chi connectivity index (χ0) is 56.1. The van der Waals surface area contributed by atoms with Crippen LogP contribution in [0.3, 0.4) is 0 Å². The minimum absolute atomic E-state index is 0.533.